The number of carbonyl (C=O) groups is 1. The Morgan fingerprint density at radius 2 is 1.70 bits per heavy atom. The van der Waals surface area contributed by atoms with E-state index < -0.39 is 0 Å². The van der Waals surface area contributed by atoms with Crippen molar-refractivity contribution in [1.29, 1.82) is 0 Å². The maximum absolute atomic E-state index is 11.4. The van der Waals surface area contributed by atoms with E-state index in [4.69, 9.17) is 5.11 Å². The second-order valence-electron chi connectivity index (χ2n) is 4.78. The van der Waals surface area contributed by atoms with Gasteiger partial charge in [-0.2, -0.15) is 0 Å². The van der Waals surface area contributed by atoms with Gasteiger partial charge in [0.15, 0.2) is 5.78 Å². The number of aliphatic hydroxyl groups excluding tert-OH is 1. The molecule has 0 aliphatic heterocycles. The summed E-state index contributed by atoms with van der Waals surface area (Å²) in [5.74, 6) is 0.0743. The molecule has 0 fully saturated rings. The Morgan fingerprint density at radius 3 is 2.30 bits per heavy atom. The lowest BCUT2D eigenvalue weighted by atomic mass is 9.99. The average molecular weight is 266 g/mol. The van der Waals surface area contributed by atoms with Crippen LogP contribution in [0.1, 0.15) is 29.8 Å². The maximum Gasteiger partial charge on any atom is 0.159 e. The molecule has 2 nitrogen and oxygen atoms in total. The van der Waals surface area contributed by atoms with Gasteiger partial charge in [0.05, 0.1) is 6.61 Å². The lowest BCUT2D eigenvalue weighted by Gasteiger charge is -2.06. The quantitative estimate of drug-likeness (QED) is 0.851. The molecule has 2 rings (SSSR count). The minimum absolute atomic E-state index is 0.0498. The van der Waals surface area contributed by atoms with Gasteiger partial charge in [0.1, 0.15) is 0 Å². The second-order valence-corrected chi connectivity index (χ2v) is 4.78. The molecule has 0 aromatic heterocycles. The summed E-state index contributed by atoms with van der Waals surface area (Å²) < 4.78 is 0. The van der Waals surface area contributed by atoms with Gasteiger partial charge in [0.2, 0.25) is 0 Å². The van der Waals surface area contributed by atoms with Crippen LogP contribution in [0.25, 0.3) is 16.7 Å². The number of benzene rings is 2. The lowest BCUT2D eigenvalue weighted by molar-refractivity contribution is 0.101. The molecule has 0 spiro atoms. The van der Waals surface area contributed by atoms with Crippen LogP contribution in [-0.2, 0) is 0 Å². The third kappa shape index (κ3) is 3.22. The highest BCUT2D eigenvalue weighted by atomic mass is 16.2. The minimum atomic E-state index is 0.0498. The topological polar surface area (TPSA) is 37.3 Å². The third-order valence-electron chi connectivity index (χ3n) is 3.34. The molecule has 0 saturated heterocycles. The Balaban J connectivity index is 2.33. The van der Waals surface area contributed by atoms with E-state index in [2.05, 4.69) is 0 Å². The lowest BCUT2D eigenvalue weighted by Crippen LogP contribution is -1.91. The number of aliphatic hydroxyl groups is 1. The van der Waals surface area contributed by atoms with Crippen LogP contribution in [0.3, 0.4) is 0 Å². The number of ketones is 1. The Hall–Kier alpha value is -2.19. The summed E-state index contributed by atoms with van der Waals surface area (Å²) in [6.07, 6.45) is 1.78. The number of carbonyl (C=O) groups excluding carboxylic acids is 1. The van der Waals surface area contributed by atoms with Gasteiger partial charge in [-0.1, -0.05) is 48.5 Å². The summed E-state index contributed by atoms with van der Waals surface area (Å²) >= 11 is 0. The van der Waals surface area contributed by atoms with Crippen molar-refractivity contribution in [3.8, 4) is 11.1 Å². The van der Waals surface area contributed by atoms with Crippen LogP contribution < -0.4 is 0 Å². The summed E-state index contributed by atoms with van der Waals surface area (Å²) in [6.45, 7) is 3.60. The molecule has 0 radical (unpaired) electrons. The largest absolute Gasteiger partial charge is 0.392 e. The first kappa shape index (κ1) is 14.2. The van der Waals surface area contributed by atoms with E-state index in [0.717, 1.165) is 27.8 Å². The molecule has 1 N–H and O–H groups in total. The highest BCUT2D eigenvalue weighted by Gasteiger charge is 2.03. The molecule has 2 aromatic carbocycles. The molecule has 0 atom stereocenters. The van der Waals surface area contributed by atoms with Gasteiger partial charge in [0.25, 0.3) is 0 Å². The average Bonchev–Trinajstić information content (AvgIpc) is 2.48. The van der Waals surface area contributed by atoms with Crippen LogP contribution in [0.5, 0.6) is 0 Å². The standard InChI is InChI=1S/C18H18O2/c1-13(10-11-19)15-6-8-16(9-7-15)18-5-3-4-17(12-18)14(2)20/h3-10,12,19H,11H2,1-2H3/b13-10+. The fraction of sp³-hybridized carbons (Fsp3) is 0.167. The van der Waals surface area contributed by atoms with Crippen molar-refractivity contribution in [2.24, 2.45) is 0 Å². The molecule has 0 heterocycles. The Kier molecular flexibility index (Phi) is 4.49. The van der Waals surface area contributed by atoms with E-state index in [1.165, 1.54) is 0 Å². The van der Waals surface area contributed by atoms with Crippen LogP contribution in [-0.4, -0.2) is 17.5 Å². The fourth-order valence-electron chi connectivity index (χ4n) is 2.10. The first-order valence-corrected chi connectivity index (χ1v) is 6.61. The third-order valence-corrected chi connectivity index (χ3v) is 3.34. The molecular formula is C18H18O2. The van der Waals surface area contributed by atoms with Gasteiger partial charge >= 0.3 is 0 Å². The zero-order valence-electron chi connectivity index (χ0n) is 11.8. The Morgan fingerprint density at radius 1 is 1.00 bits per heavy atom. The molecule has 20 heavy (non-hydrogen) atoms. The van der Waals surface area contributed by atoms with Crippen molar-refractivity contribution in [3.63, 3.8) is 0 Å². The molecule has 0 bridgehead atoms. The van der Waals surface area contributed by atoms with Crippen LogP contribution in [0.15, 0.2) is 54.6 Å². The predicted molar refractivity (Wildman–Crippen MR) is 82.6 cm³/mol. The van der Waals surface area contributed by atoms with Gasteiger partial charge < -0.3 is 5.11 Å². The van der Waals surface area contributed by atoms with Crippen molar-refractivity contribution in [2.45, 2.75) is 13.8 Å². The smallest absolute Gasteiger partial charge is 0.159 e. The number of hydrogen-bond acceptors (Lipinski definition) is 2. The highest BCUT2D eigenvalue weighted by molar-refractivity contribution is 5.95. The van der Waals surface area contributed by atoms with Gasteiger partial charge in [-0.25, -0.2) is 0 Å². The highest BCUT2D eigenvalue weighted by Crippen LogP contribution is 2.23. The molecule has 0 aliphatic rings. The van der Waals surface area contributed by atoms with Gasteiger partial charge in [0, 0.05) is 5.56 Å². The van der Waals surface area contributed by atoms with E-state index in [9.17, 15) is 4.79 Å². The molecule has 2 heteroatoms. The molecule has 0 amide bonds. The second kappa shape index (κ2) is 6.31. The fourth-order valence-corrected chi connectivity index (χ4v) is 2.10. The van der Waals surface area contributed by atoms with Crippen molar-refractivity contribution in [3.05, 3.63) is 65.7 Å². The van der Waals surface area contributed by atoms with E-state index in [1.54, 1.807) is 13.0 Å². The maximum atomic E-state index is 11.4. The monoisotopic (exact) mass is 266 g/mol. The SMILES string of the molecule is CC(=O)c1cccc(-c2ccc(/C(C)=C/CO)cc2)c1. The van der Waals surface area contributed by atoms with E-state index in [0.29, 0.717) is 0 Å². The van der Waals surface area contributed by atoms with Gasteiger partial charge in [-0.15, -0.1) is 0 Å². The molecule has 0 aliphatic carbocycles. The summed E-state index contributed by atoms with van der Waals surface area (Å²) in [7, 11) is 0. The summed E-state index contributed by atoms with van der Waals surface area (Å²) in [5.41, 5.74) is 4.98. The van der Waals surface area contributed by atoms with Crippen LogP contribution in [0.2, 0.25) is 0 Å². The van der Waals surface area contributed by atoms with Gasteiger partial charge in [-0.3, -0.25) is 4.79 Å². The first-order chi connectivity index (χ1) is 9.61. The van der Waals surface area contributed by atoms with Crippen LogP contribution in [0, 0.1) is 0 Å². The van der Waals surface area contributed by atoms with Crippen molar-refractivity contribution >= 4 is 11.4 Å². The Bertz CT molecular complexity index is 637. The summed E-state index contributed by atoms with van der Waals surface area (Å²) in [4.78, 5) is 11.4. The number of allylic oxidation sites excluding steroid dienone is 1. The van der Waals surface area contributed by atoms with E-state index in [-0.39, 0.29) is 12.4 Å². The van der Waals surface area contributed by atoms with Gasteiger partial charge in [-0.05, 0) is 42.2 Å². The zero-order chi connectivity index (χ0) is 14.5. The zero-order valence-corrected chi connectivity index (χ0v) is 11.8. The van der Waals surface area contributed by atoms with E-state index >= 15 is 0 Å². The van der Waals surface area contributed by atoms with Crippen molar-refractivity contribution in [2.75, 3.05) is 6.61 Å². The van der Waals surface area contributed by atoms with Crippen LogP contribution in [0.4, 0.5) is 0 Å². The molecular weight excluding hydrogens is 248 g/mol. The predicted octanol–water partition coefficient (Wildman–Crippen LogP) is 3.95. The molecule has 102 valence electrons. The number of Topliss-reactive ketones (excluding diaryl/α,β-unsaturated/α-hetero) is 1. The van der Waals surface area contributed by atoms with E-state index in [1.807, 2.05) is 55.5 Å². The minimum Gasteiger partial charge on any atom is -0.392 e. The summed E-state index contributed by atoms with van der Waals surface area (Å²) in [6, 6.07) is 15.7. The van der Waals surface area contributed by atoms with Crippen molar-refractivity contribution in [1.82, 2.24) is 0 Å². The number of hydrogen-bond donors (Lipinski definition) is 1. The Labute approximate surface area is 119 Å². The molecule has 0 unspecified atom stereocenters. The molecule has 2 aromatic rings. The summed E-state index contributed by atoms with van der Waals surface area (Å²) in [5, 5.41) is 8.90. The first-order valence-electron chi connectivity index (χ1n) is 6.61. The molecule has 0 saturated carbocycles. The van der Waals surface area contributed by atoms with Crippen molar-refractivity contribution < 1.29 is 9.90 Å². The van der Waals surface area contributed by atoms with Crippen LogP contribution >= 0.6 is 0 Å². The number of rotatable bonds is 4. The normalized spacial score (nSPS) is 11.4.